The zero-order valence-corrected chi connectivity index (χ0v) is 15.1. The Morgan fingerprint density at radius 3 is 2.88 bits per heavy atom. The molecule has 1 unspecified atom stereocenters. The molecule has 0 saturated heterocycles. The number of ether oxygens (including phenoxy) is 1. The van der Waals surface area contributed by atoms with Gasteiger partial charge in [-0.05, 0) is 55.9 Å². The topological polar surface area (TPSA) is 84.6 Å². The lowest BCUT2D eigenvalue weighted by Crippen LogP contribution is -2.42. The van der Waals surface area contributed by atoms with Crippen LogP contribution in [0.1, 0.15) is 47.0 Å². The highest BCUT2D eigenvalue weighted by molar-refractivity contribution is 5.79. The predicted octanol–water partition coefficient (Wildman–Crippen LogP) is 2.40. The minimum atomic E-state index is -0.264. The molecule has 26 heavy (non-hydrogen) atoms. The van der Waals surface area contributed by atoms with E-state index in [0.29, 0.717) is 25.2 Å². The number of nitrogens with one attached hydrogen (secondary N) is 1. The second-order valence-electron chi connectivity index (χ2n) is 7.38. The van der Waals surface area contributed by atoms with E-state index in [-0.39, 0.29) is 30.4 Å². The molecule has 6 nitrogen and oxygen atoms in total. The number of nitrogens with zero attached hydrogens (tertiary/aromatic N) is 1. The molecule has 4 rings (SSSR count). The number of amides is 1. The number of aryl methyl sites for hydroxylation is 2. The molecule has 2 heterocycles. The van der Waals surface area contributed by atoms with Gasteiger partial charge in [0.05, 0.1) is 30.9 Å². The number of hydrogen-bond acceptors (Lipinski definition) is 5. The van der Waals surface area contributed by atoms with Crippen LogP contribution in [0.4, 0.5) is 0 Å². The highest BCUT2D eigenvalue weighted by Crippen LogP contribution is 2.39. The van der Waals surface area contributed by atoms with Crippen molar-refractivity contribution >= 4 is 5.91 Å². The van der Waals surface area contributed by atoms with Crippen molar-refractivity contribution in [2.45, 2.75) is 51.7 Å². The van der Waals surface area contributed by atoms with Crippen LogP contribution in [0.3, 0.4) is 0 Å². The maximum atomic E-state index is 12.7. The predicted molar refractivity (Wildman–Crippen MR) is 94.9 cm³/mol. The van der Waals surface area contributed by atoms with Gasteiger partial charge in [0.1, 0.15) is 11.5 Å². The van der Waals surface area contributed by atoms with E-state index < -0.39 is 0 Å². The van der Waals surface area contributed by atoms with Crippen molar-refractivity contribution in [3.63, 3.8) is 0 Å². The van der Waals surface area contributed by atoms with Crippen LogP contribution in [0, 0.1) is 19.8 Å². The molecule has 1 atom stereocenters. The van der Waals surface area contributed by atoms with Gasteiger partial charge >= 0.3 is 0 Å². The number of aliphatic hydroxyl groups is 1. The average Bonchev–Trinajstić information content (AvgIpc) is 3.18. The average molecular weight is 356 g/mol. The fourth-order valence-electron chi connectivity index (χ4n) is 3.91. The normalized spacial score (nSPS) is 22.3. The molecular formula is C20H24N2O4. The van der Waals surface area contributed by atoms with E-state index in [9.17, 15) is 9.90 Å². The zero-order chi connectivity index (χ0) is 18.3. The molecule has 1 saturated carbocycles. The van der Waals surface area contributed by atoms with Crippen molar-refractivity contribution in [3.8, 4) is 5.75 Å². The lowest BCUT2D eigenvalue weighted by atomic mass is 9.74. The Morgan fingerprint density at radius 1 is 1.38 bits per heavy atom. The molecule has 2 aliphatic rings. The number of fused-ring (bicyclic) bond motifs is 1. The molecule has 1 fully saturated rings. The minimum Gasteiger partial charge on any atom is -0.493 e. The summed E-state index contributed by atoms with van der Waals surface area (Å²) >= 11 is 0. The van der Waals surface area contributed by atoms with Crippen LogP contribution < -0.4 is 10.1 Å². The number of rotatable bonds is 5. The fourth-order valence-corrected chi connectivity index (χ4v) is 3.91. The van der Waals surface area contributed by atoms with Crippen LogP contribution >= 0.6 is 0 Å². The second kappa shape index (κ2) is 6.76. The van der Waals surface area contributed by atoms with Gasteiger partial charge < -0.3 is 19.7 Å². The third-order valence-corrected chi connectivity index (χ3v) is 5.53. The first-order valence-electron chi connectivity index (χ1n) is 9.16. The van der Waals surface area contributed by atoms with E-state index >= 15 is 0 Å². The summed E-state index contributed by atoms with van der Waals surface area (Å²) in [5.74, 6) is 1.81. The third-order valence-electron chi connectivity index (χ3n) is 5.53. The summed E-state index contributed by atoms with van der Waals surface area (Å²) in [5, 5.41) is 16.8. The van der Waals surface area contributed by atoms with Crippen LogP contribution in [0.25, 0.3) is 0 Å². The van der Waals surface area contributed by atoms with Crippen LogP contribution in [0.15, 0.2) is 22.7 Å². The lowest BCUT2D eigenvalue weighted by Gasteiger charge is -2.38. The number of carbonyl (C=O) groups excluding carboxylic acids is 1. The van der Waals surface area contributed by atoms with Crippen molar-refractivity contribution < 1.29 is 19.2 Å². The molecule has 2 aromatic rings. The Bertz CT molecular complexity index is 804. The Balaban J connectivity index is 1.53. The Hall–Kier alpha value is -2.34. The molecule has 1 aliphatic carbocycles. The number of benzene rings is 1. The van der Waals surface area contributed by atoms with Gasteiger partial charge in [-0.3, -0.25) is 4.79 Å². The molecule has 1 amide bonds. The molecule has 138 valence electrons. The van der Waals surface area contributed by atoms with Crippen LogP contribution in [-0.4, -0.2) is 28.9 Å². The molecule has 1 aromatic carbocycles. The largest absolute Gasteiger partial charge is 0.493 e. The van der Waals surface area contributed by atoms with Crippen molar-refractivity contribution in [1.82, 2.24) is 10.5 Å². The summed E-state index contributed by atoms with van der Waals surface area (Å²) in [6, 6.07) is 6.04. The van der Waals surface area contributed by atoms with Gasteiger partial charge in [0, 0.05) is 12.0 Å². The molecule has 2 N–H and O–H groups in total. The Morgan fingerprint density at radius 2 is 2.19 bits per heavy atom. The Labute approximate surface area is 152 Å². The van der Waals surface area contributed by atoms with Crippen molar-refractivity contribution in [1.29, 1.82) is 0 Å². The summed E-state index contributed by atoms with van der Waals surface area (Å²) in [5.41, 5.74) is 3.87. The molecule has 0 spiro atoms. The summed E-state index contributed by atoms with van der Waals surface area (Å²) < 4.78 is 10.7. The smallest absolute Gasteiger partial charge is 0.225 e. The van der Waals surface area contributed by atoms with Gasteiger partial charge in [0.15, 0.2) is 0 Å². The highest BCUT2D eigenvalue weighted by atomic mass is 16.5. The maximum absolute atomic E-state index is 12.7. The van der Waals surface area contributed by atoms with Gasteiger partial charge in [-0.15, -0.1) is 0 Å². The van der Waals surface area contributed by atoms with Crippen molar-refractivity contribution in [2.24, 2.45) is 5.92 Å². The van der Waals surface area contributed by atoms with Gasteiger partial charge in [0.25, 0.3) is 0 Å². The maximum Gasteiger partial charge on any atom is 0.225 e. The van der Waals surface area contributed by atoms with E-state index in [4.69, 9.17) is 9.26 Å². The molecule has 1 aromatic heterocycles. The summed E-state index contributed by atoms with van der Waals surface area (Å²) in [6.07, 6.45) is 2.31. The molecule has 1 aliphatic heterocycles. The second-order valence-corrected chi connectivity index (χ2v) is 7.38. The van der Waals surface area contributed by atoms with Crippen molar-refractivity contribution in [2.75, 3.05) is 6.61 Å². The number of hydrogen-bond donors (Lipinski definition) is 2. The molecule has 6 heteroatoms. The quantitative estimate of drug-likeness (QED) is 0.859. The molecule has 0 bridgehead atoms. The van der Waals surface area contributed by atoms with E-state index in [1.807, 2.05) is 26.0 Å². The Kier molecular flexibility index (Phi) is 4.44. The van der Waals surface area contributed by atoms with Gasteiger partial charge in [-0.2, -0.15) is 0 Å². The monoisotopic (exact) mass is 356 g/mol. The van der Waals surface area contributed by atoms with Crippen LogP contribution in [0.5, 0.6) is 5.75 Å². The SMILES string of the molecule is Cc1noc(C)c1CC(=O)NC(c1ccc2c(c1)CCO2)C1CC(O)C1. The standard InChI is InChI=1S/C20H24N2O4/c1-11-17(12(2)26-22-11)10-19(24)21-20(15-8-16(23)9-15)14-3-4-18-13(7-14)5-6-25-18/h3-4,7,15-16,20,23H,5-6,8-10H2,1-2H3,(H,21,24). The first-order chi connectivity index (χ1) is 12.5. The third kappa shape index (κ3) is 3.21. The lowest BCUT2D eigenvalue weighted by molar-refractivity contribution is -0.122. The van der Waals surface area contributed by atoms with E-state index in [1.165, 1.54) is 5.56 Å². The highest BCUT2D eigenvalue weighted by Gasteiger charge is 2.36. The number of carbonyl (C=O) groups is 1. The van der Waals surface area contributed by atoms with E-state index in [2.05, 4.69) is 16.5 Å². The molecular weight excluding hydrogens is 332 g/mol. The number of aliphatic hydroxyl groups excluding tert-OH is 1. The minimum absolute atomic E-state index is 0.0532. The first kappa shape index (κ1) is 17.1. The fraction of sp³-hybridized carbons (Fsp3) is 0.500. The van der Waals surface area contributed by atoms with E-state index in [0.717, 1.165) is 29.0 Å². The van der Waals surface area contributed by atoms with Gasteiger partial charge in [-0.25, -0.2) is 0 Å². The van der Waals surface area contributed by atoms with Crippen LogP contribution in [-0.2, 0) is 17.6 Å². The van der Waals surface area contributed by atoms with Crippen molar-refractivity contribution in [3.05, 3.63) is 46.3 Å². The summed E-state index contributed by atoms with van der Waals surface area (Å²) in [7, 11) is 0. The zero-order valence-electron chi connectivity index (χ0n) is 15.1. The summed E-state index contributed by atoms with van der Waals surface area (Å²) in [4.78, 5) is 12.7. The number of aromatic nitrogens is 1. The first-order valence-corrected chi connectivity index (χ1v) is 9.16. The van der Waals surface area contributed by atoms with Gasteiger partial charge in [0.2, 0.25) is 5.91 Å². The summed E-state index contributed by atoms with van der Waals surface area (Å²) in [6.45, 7) is 4.38. The molecule has 0 radical (unpaired) electrons. The van der Waals surface area contributed by atoms with E-state index in [1.54, 1.807) is 0 Å². The van der Waals surface area contributed by atoms with Crippen LogP contribution in [0.2, 0.25) is 0 Å². The van der Waals surface area contributed by atoms with Gasteiger partial charge in [-0.1, -0.05) is 11.2 Å².